The average molecular weight is 367 g/mol. The van der Waals surface area contributed by atoms with Crippen LogP contribution in [0.1, 0.15) is 23.2 Å². The Kier molecular flexibility index (Phi) is 4.12. The molecule has 6 heteroatoms. The zero-order valence-corrected chi connectivity index (χ0v) is 14.3. The summed E-state index contributed by atoms with van der Waals surface area (Å²) in [6.07, 6.45) is 9.96. The minimum absolute atomic E-state index is 0.0879. The monoisotopic (exact) mass is 367 g/mol. The molecular formula is C21H17F2N2O2+. The first-order valence-electron chi connectivity index (χ1n) is 8.56. The average Bonchev–Trinajstić information content (AvgIpc) is 3.24. The molecule has 4 nitrogen and oxygen atoms in total. The molecule has 0 fully saturated rings. The van der Waals surface area contributed by atoms with Gasteiger partial charge in [0.25, 0.3) is 5.70 Å². The summed E-state index contributed by atoms with van der Waals surface area (Å²) in [5, 5.41) is 6.44. The Morgan fingerprint density at radius 3 is 2.63 bits per heavy atom. The largest absolute Gasteiger partial charge is 0.481 e. The van der Waals surface area contributed by atoms with Crippen molar-refractivity contribution in [1.29, 1.82) is 0 Å². The number of hydrogen-bond donors (Lipinski definition) is 1. The van der Waals surface area contributed by atoms with Crippen molar-refractivity contribution in [3.63, 3.8) is 0 Å². The summed E-state index contributed by atoms with van der Waals surface area (Å²) in [6.45, 7) is 0. The van der Waals surface area contributed by atoms with Crippen LogP contribution in [0.4, 0.5) is 8.96 Å². The lowest BCUT2D eigenvalue weighted by molar-refractivity contribution is -0.200. The van der Waals surface area contributed by atoms with Gasteiger partial charge in [-0.25, -0.2) is 0 Å². The summed E-state index contributed by atoms with van der Waals surface area (Å²) in [4.78, 5) is 10.8. The SMILES string of the molecule is O=C(O)CCc1ccn2c1C=C1C=CC(C=Cc3ccccc3)=C1[N+]2(F)F. The Balaban J connectivity index is 1.72. The zero-order valence-electron chi connectivity index (χ0n) is 14.3. The third-order valence-corrected chi connectivity index (χ3v) is 4.68. The molecule has 2 aromatic rings. The highest BCUT2D eigenvalue weighted by molar-refractivity contribution is 5.73. The molecule has 0 unspecified atom stereocenters. The van der Waals surface area contributed by atoms with E-state index in [4.69, 9.17) is 5.11 Å². The molecule has 1 aromatic carbocycles. The standard InChI is InChI=1S/C21H16F2N2O2/c22-25(23)21-17(7-6-15-4-2-1-3-5-15)8-9-18(21)14-19-16(10-11-20(26)27)12-13-24(19)25/h1-9,12-14H,10-11H2/p+1. The van der Waals surface area contributed by atoms with Crippen molar-refractivity contribution in [3.8, 4) is 0 Å². The van der Waals surface area contributed by atoms with Gasteiger partial charge in [-0.15, -0.1) is 4.68 Å². The van der Waals surface area contributed by atoms with Crippen LogP contribution in [0.15, 0.2) is 77.7 Å². The van der Waals surface area contributed by atoms with E-state index in [9.17, 15) is 4.79 Å². The maximum absolute atomic E-state index is 15.2. The molecule has 0 amide bonds. The fourth-order valence-corrected chi connectivity index (χ4v) is 3.38. The number of aliphatic carboxylic acids is 1. The van der Waals surface area contributed by atoms with E-state index in [1.54, 1.807) is 36.4 Å². The predicted molar refractivity (Wildman–Crippen MR) is 99.8 cm³/mol. The van der Waals surface area contributed by atoms with Gasteiger partial charge in [0.05, 0.1) is 15.2 Å². The van der Waals surface area contributed by atoms with Crippen LogP contribution in [0.3, 0.4) is 0 Å². The quantitative estimate of drug-likeness (QED) is 0.782. The Bertz CT molecular complexity index is 1030. The number of allylic oxidation sites excluding steroid dienone is 4. The number of rotatable bonds is 5. The summed E-state index contributed by atoms with van der Waals surface area (Å²) < 4.78 is 31.2. The van der Waals surface area contributed by atoms with E-state index < -0.39 is 11.0 Å². The Morgan fingerprint density at radius 2 is 1.89 bits per heavy atom. The topological polar surface area (TPSA) is 42.2 Å². The Labute approximate surface area is 154 Å². The van der Waals surface area contributed by atoms with Crippen LogP contribution in [0.5, 0.6) is 0 Å². The predicted octanol–water partition coefficient (Wildman–Crippen LogP) is 4.65. The molecule has 4 rings (SSSR count). The molecule has 1 aliphatic heterocycles. The van der Waals surface area contributed by atoms with Crippen LogP contribution in [-0.2, 0) is 11.2 Å². The molecule has 0 bridgehead atoms. The number of carboxylic acids is 1. The number of nitrogens with zero attached hydrogens (tertiary/aromatic N) is 2. The van der Waals surface area contributed by atoms with Gasteiger partial charge in [0.15, 0.2) is 5.04 Å². The summed E-state index contributed by atoms with van der Waals surface area (Å²) in [6, 6.07) is 11.1. The number of hydrogen-bond acceptors (Lipinski definition) is 1. The van der Waals surface area contributed by atoms with Crippen LogP contribution >= 0.6 is 0 Å². The van der Waals surface area contributed by atoms with Crippen LogP contribution in [0, 0.1) is 0 Å². The molecule has 136 valence electrons. The lowest BCUT2D eigenvalue weighted by Gasteiger charge is -2.22. The molecule has 27 heavy (non-hydrogen) atoms. The van der Waals surface area contributed by atoms with Gasteiger partial charge in [0.2, 0.25) is 0 Å². The van der Waals surface area contributed by atoms with E-state index in [1.165, 1.54) is 6.20 Å². The molecule has 1 N–H and O–H groups in total. The fraction of sp³-hybridized carbons (Fsp3) is 0.0952. The number of halogens is 2. The summed E-state index contributed by atoms with van der Waals surface area (Å²) >= 11 is 0. The first-order chi connectivity index (χ1) is 13.0. The van der Waals surface area contributed by atoms with Gasteiger partial charge in [0, 0.05) is 17.6 Å². The van der Waals surface area contributed by atoms with Crippen molar-refractivity contribution in [2.75, 3.05) is 0 Å². The van der Waals surface area contributed by atoms with E-state index in [0.717, 1.165) is 10.2 Å². The molecule has 1 aromatic heterocycles. The van der Waals surface area contributed by atoms with Gasteiger partial charge < -0.3 is 5.11 Å². The van der Waals surface area contributed by atoms with E-state index in [0.29, 0.717) is 22.4 Å². The minimum Gasteiger partial charge on any atom is -0.481 e. The second-order valence-electron chi connectivity index (χ2n) is 6.43. The van der Waals surface area contributed by atoms with Gasteiger partial charge in [-0.1, -0.05) is 36.4 Å². The van der Waals surface area contributed by atoms with Crippen molar-refractivity contribution in [1.82, 2.24) is 9.71 Å². The Hall–Kier alpha value is -3.25. The molecular weight excluding hydrogens is 350 g/mol. The first kappa shape index (κ1) is 17.2. The third-order valence-electron chi connectivity index (χ3n) is 4.68. The minimum atomic E-state index is -2.42. The number of carbonyl (C=O) groups is 1. The number of fused-ring (bicyclic) bond motifs is 2. The summed E-state index contributed by atoms with van der Waals surface area (Å²) in [5.41, 5.74) is 2.68. The lowest BCUT2D eigenvalue weighted by atomic mass is 10.1. The van der Waals surface area contributed by atoms with Crippen LogP contribution in [-0.4, -0.2) is 15.8 Å². The van der Waals surface area contributed by atoms with Crippen LogP contribution in [0.2, 0.25) is 0 Å². The first-order valence-corrected chi connectivity index (χ1v) is 8.56. The van der Waals surface area contributed by atoms with E-state index in [1.807, 2.05) is 30.3 Å². The molecule has 0 saturated carbocycles. The van der Waals surface area contributed by atoms with Gasteiger partial charge in [-0.05, 0) is 47.9 Å². The number of benzene rings is 1. The van der Waals surface area contributed by atoms with Crippen LogP contribution in [0.25, 0.3) is 12.2 Å². The van der Waals surface area contributed by atoms with Crippen molar-refractivity contribution >= 4 is 18.1 Å². The summed E-state index contributed by atoms with van der Waals surface area (Å²) in [5.74, 6) is -0.950. The van der Waals surface area contributed by atoms with E-state index in [2.05, 4.69) is 0 Å². The van der Waals surface area contributed by atoms with Crippen molar-refractivity contribution in [2.24, 2.45) is 0 Å². The molecule has 0 spiro atoms. The van der Waals surface area contributed by atoms with Gasteiger partial charge in [-0.2, -0.15) is 0 Å². The van der Waals surface area contributed by atoms with Crippen LogP contribution < -0.4 is 5.04 Å². The highest BCUT2D eigenvalue weighted by Gasteiger charge is 2.49. The highest BCUT2D eigenvalue weighted by Crippen LogP contribution is 2.40. The second kappa shape index (κ2) is 6.48. The maximum Gasteiger partial charge on any atom is 0.303 e. The molecule has 0 radical (unpaired) electrons. The number of aryl methyl sites for hydroxylation is 1. The smallest absolute Gasteiger partial charge is 0.303 e. The molecule has 0 atom stereocenters. The lowest BCUT2D eigenvalue weighted by Crippen LogP contribution is -2.44. The molecule has 1 aliphatic carbocycles. The van der Waals surface area contributed by atoms with Gasteiger partial charge >= 0.3 is 5.97 Å². The highest BCUT2D eigenvalue weighted by atomic mass is 19.4. The molecule has 0 saturated heterocycles. The molecule has 2 heterocycles. The number of aromatic nitrogens is 1. The normalized spacial score (nSPS) is 17.2. The fourth-order valence-electron chi connectivity index (χ4n) is 3.38. The third kappa shape index (κ3) is 3.04. The van der Waals surface area contributed by atoms with Crippen molar-refractivity contribution in [3.05, 3.63) is 94.5 Å². The zero-order chi connectivity index (χ0) is 19.0. The molecule has 2 aliphatic rings. The number of quaternary nitrogens is 1. The summed E-state index contributed by atoms with van der Waals surface area (Å²) in [7, 11) is 0. The van der Waals surface area contributed by atoms with Gasteiger partial charge in [0.1, 0.15) is 5.69 Å². The number of carboxylic acid groups (broad SMARTS) is 1. The van der Waals surface area contributed by atoms with Crippen molar-refractivity contribution < 1.29 is 18.9 Å². The van der Waals surface area contributed by atoms with E-state index in [-0.39, 0.29) is 18.5 Å². The van der Waals surface area contributed by atoms with Crippen molar-refractivity contribution in [2.45, 2.75) is 12.8 Å². The Morgan fingerprint density at radius 1 is 1.11 bits per heavy atom. The second-order valence-corrected chi connectivity index (χ2v) is 6.43. The van der Waals surface area contributed by atoms with Gasteiger partial charge in [-0.3, -0.25) is 4.79 Å². The maximum atomic E-state index is 15.2. The van der Waals surface area contributed by atoms with E-state index >= 15 is 8.96 Å².